The summed E-state index contributed by atoms with van der Waals surface area (Å²) in [6.07, 6.45) is -4.48. The summed E-state index contributed by atoms with van der Waals surface area (Å²) in [4.78, 5) is 26.4. The number of alkyl halides is 3. The first kappa shape index (κ1) is 19.9. The lowest BCUT2D eigenvalue weighted by molar-refractivity contribution is -0.138. The van der Waals surface area contributed by atoms with Gasteiger partial charge in [0.25, 0.3) is 5.91 Å². The zero-order valence-electron chi connectivity index (χ0n) is 15.9. The summed E-state index contributed by atoms with van der Waals surface area (Å²) in [7, 11) is 0. The summed E-state index contributed by atoms with van der Waals surface area (Å²) in [5, 5.41) is 0. The predicted molar refractivity (Wildman–Crippen MR) is 103 cm³/mol. The lowest BCUT2D eigenvalue weighted by Crippen LogP contribution is -2.64. The number of hydrogen-bond donors (Lipinski definition) is 0. The Kier molecular flexibility index (Phi) is 4.37. The maximum Gasteiger partial charge on any atom is 0.416 e. The molecule has 3 aromatic rings. The van der Waals surface area contributed by atoms with Gasteiger partial charge in [-0.2, -0.15) is 13.2 Å². The fourth-order valence-electron chi connectivity index (χ4n) is 3.95. The Hall–Kier alpha value is -3.36. The van der Waals surface area contributed by atoms with Gasteiger partial charge in [-0.15, -0.1) is 0 Å². The van der Waals surface area contributed by atoms with Gasteiger partial charge < -0.3 is 4.90 Å². The van der Waals surface area contributed by atoms with Crippen LogP contribution in [0.4, 0.5) is 17.6 Å². The van der Waals surface area contributed by atoms with Crippen LogP contribution in [0.3, 0.4) is 0 Å². The van der Waals surface area contributed by atoms with E-state index in [1.807, 2.05) is 0 Å². The highest BCUT2D eigenvalue weighted by molar-refractivity contribution is 5.91. The molecule has 0 radical (unpaired) electrons. The second-order valence-corrected chi connectivity index (χ2v) is 7.55. The number of imidazole rings is 1. The van der Waals surface area contributed by atoms with E-state index in [0.717, 1.165) is 12.1 Å². The number of aromatic nitrogens is 2. The molecule has 0 bridgehead atoms. The summed E-state index contributed by atoms with van der Waals surface area (Å²) < 4.78 is 54.7. The van der Waals surface area contributed by atoms with Crippen molar-refractivity contribution < 1.29 is 22.4 Å². The molecule has 156 valence electrons. The van der Waals surface area contributed by atoms with E-state index in [1.165, 1.54) is 26.2 Å². The van der Waals surface area contributed by atoms with Gasteiger partial charge in [-0.05, 0) is 43.3 Å². The van der Waals surface area contributed by atoms with Crippen molar-refractivity contribution in [1.82, 2.24) is 14.0 Å². The number of amides is 1. The fraction of sp³-hybridized carbons (Fsp3) is 0.238. The fourth-order valence-corrected chi connectivity index (χ4v) is 3.95. The number of benzene rings is 2. The lowest BCUT2D eigenvalue weighted by atomic mass is 9.91. The van der Waals surface area contributed by atoms with E-state index in [1.54, 1.807) is 31.2 Å². The van der Waals surface area contributed by atoms with Crippen molar-refractivity contribution in [3.05, 3.63) is 77.0 Å². The number of fused-ring (bicyclic) bond motifs is 1. The highest BCUT2D eigenvalue weighted by Gasteiger charge is 2.45. The van der Waals surface area contributed by atoms with Crippen LogP contribution in [0.15, 0.2) is 65.7 Å². The Morgan fingerprint density at radius 2 is 1.60 bits per heavy atom. The van der Waals surface area contributed by atoms with Crippen LogP contribution in [-0.2, 0) is 16.5 Å². The maximum absolute atomic E-state index is 13.3. The molecule has 0 atom stereocenters. The van der Waals surface area contributed by atoms with Gasteiger partial charge >= 0.3 is 11.9 Å². The first-order valence-corrected chi connectivity index (χ1v) is 9.07. The van der Waals surface area contributed by atoms with E-state index >= 15 is 0 Å². The number of hydrogen-bond acceptors (Lipinski definition) is 2. The molecule has 2 aromatic carbocycles. The molecule has 0 saturated carbocycles. The number of nitrogens with zero attached hydrogens (tertiary/aromatic N) is 3. The van der Waals surface area contributed by atoms with Gasteiger partial charge in [0.1, 0.15) is 0 Å². The first-order valence-electron chi connectivity index (χ1n) is 9.07. The molecule has 0 aliphatic carbocycles. The number of rotatable bonds is 3. The molecule has 0 N–H and O–H groups in total. The van der Waals surface area contributed by atoms with E-state index in [-0.39, 0.29) is 18.8 Å². The lowest BCUT2D eigenvalue weighted by Gasteiger charge is -2.48. The molecule has 1 aliphatic rings. The standard InChI is InChI=1S/C21H17F4N3O2/c1-13(22)18(29)26-11-20(2,12-26)28-17-6-4-3-5-16(17)27(19(28)30)15-9-7-14(8-10-15)21(23,24)25/h3-10H,1,11-12H2,2H3. The molecule has 9 heteroatoms. The van der Waals surface area contributed by atoms with Crippen LogP contribution >= 0.6 is 0 Å². The van der Waals surface area contributed by atoms with Crippen LogP contribution < -0.4 is 5.69 Å². The van der Waals surface area contributed by atoms with Crippen LogP contribution in [-0.4, -0.2) is 33.0 Å². The van der Waals surface area contributed by atoms with E-state index in [2.05, 4.69) is 6.58 Å². The molecule has 1 amide bonds. The molecule has 1 fully saturated rings. The third-order valence-electron chi connectivity index (χ3n) is 5.32. The van der Waals surface area contributed by atoms with Crippen LogP contribution in [0.25, 0.3) is 16.7 Å². The van der Waals surface area contributed by atoms with Crippen molar-refractivity contribution >= 4 is 16.9 Å². The Bertz CT molecular complexity index is 1220. The van der Waals surface area contributed by atoms with Gasteiger partial charge in [-0.1, -0.05) is 18.7 Å². The Balaban J connectivity index is 1.81. The minimum absolute atomic E-state index is 0.107. The van der Waals surface area contributed by atoms with Crippen LogP contribution in [0, 0.1) is 0 Å². The maximum atomic E-state index is 13.3. The van der Waals surface area contributed by atoms with Crippen LogP contribution in [0.2, 0.25) is 0 Å². The van der Waals surface area contributed by atoms with E-state index in [9.17, 15) is 27.2 Å². The van der Waals surface area contributed by atoms with Gasteiger partial charge in [-0.3, -0.25) is 13.9 Å². The van der Waals surface area contributed by atoms with Gasteiger partial charge in [0, 0.05) is 13.1 Å². The minimum Gasteiger partial charge on any atom is -0.332 e. The summed E-state index contributed by atoms with van der Waals surface area (Å²) in [5.41, 5.74) is -0.687. The number of para-hydroxylation sites is 2. The molecule has 1 aliphatic heterocycles. The second-order valence-electron chi connectivity index (χ2n) is 7.55. The quantitative estimate of drug-likeness (QED) is 0.478. The molecule has 5 nitrogen and oxygen atoms in total. The van der Waals surface area contributed by atoms with Crippen molar-refractivity contribution in [3.8, 4) is 5.69 Å². The molecule has 4 rings (SSSR count). The smallest absolute Gasteiger partial charge is 0.332 e. The largest absolute Gasteiger partial charge is 0.416 e. The third kappa shape index (κ3) is 3.01. The Labute approximate surface area is 168 Å². The predicted octanol–water partition coefficient (Wildman–Crippen LogP) is 3.85. The summed E-state index contributed by atoms with van der Waals surface area (Å²) in [6, 6.07) is 11.2. The van der Waals surface area contributed by atoms with Crippen molar-refractivity contribution in [2.24, 2.45) is 0 Å². The SMILES string of the molecule is C=C(F)C(=O)N1CC(C)(n2c(=O)n(-c3ccc(C(F)(F)F)cc3)c3ccccc32)C1. The molecular formula is C21H17F4N3O2. The average Bonchev–Trinajstić information content (AvgIpc) is 2.96. The third-order valence-corrected chi connectivity index (χ3v) is 5.32. The van der Waals surface area contributed by atoms with Crippen LogP contribution in [0.5, 0.6) is 0 Å². The Morgan fingerprint density at radius 3 is 2.13 bits per heavy atom. The van der Waals surface area contributed by atoms with E-state index < -0.39 is 34.7 Å². The normalized spacial score (nSPS) is 15.8. The van der Waals surface area contributed by atoms with E-state index in [0.29, 0.717) is 11.0 Å². The van der Waals surface area contributed by atoms with Crippen molar-refractivity contribution in [2.75, 3.05) is 13.1 Å². The van der Waals surface area contributed by atoms with Gasteiger partial charge in [0.15, 0.2) is 5.83 Å². The summed E-state index contributed by atoms with van der Waals surface area (Å²) in [6.45, 7) is 4.98. The molecule has 1 saturated heterocycles. The zero-order valence-corrected chi connectivity index (χ0v) is 15.9. The monoisotopic (exact) mass is 419 g/mol. The molecule has 0 spiro atoms. The summed E-state index contributed by atoms with van der Waals surface area (Å²) >= 11 is 0. The topological polar surface area (TPSA) is 47.2 Å². The zero-order chi connectivity index (χ0) is 21.8. The summed E-state index contributed by atoms with van der Waals surface area (Å²) in [5.74, 6) is -1.90. The van der Waals surface area contributed by atoms with Gasteiger partial charge in [-0.25, -0.2) is 9.18 Å². The average molecular weight is 419 g/mol. The number of halogens is 4. The Morgan fingerprint density at radius 1 is 1.03 bits per heavy atom. The van der Waals surface area contributed by atoms with Crippen molar-refractivity contribution in [3.63, 3.8) is 0 Å². The molecular weight excluding hydrogens is 402 g/mol. The highest BCUT2D eigenvalue weighted by atomic mass is 19.4. The van der Waals surface area contributed by atoms with Gasteiger partial charge in [0.2, 0.25) is 0 Å². The second kappa shape index (κ2) is 6.58. The molecule has 1 aromatic heterocycles. The number of carbonyl (C=O) groups is 1. The van der Waals surface area contributed by atoms with Crippen LogP contribution in [0.1, 0.15) is 12.5 Å². The highest BCUT2D eigenvalue weighted by Crippen LogP contribution is 2.33. The molecule has 0 unspecified atom stereocenters. The minimum atomic E-state index is -4.48. The van der Waals surface area contributed by atoms with Crippen molar-refractivity contribution in [2.45, 2.75) is 18.6 Å². The molecule has 2 heterocycles. The van der Waals surface area contributed by atoms with Crippen molar-refractivity contribution in [1.29, 1.82) is 0 Å². The van der Waals surface area contributed by atoms with Gasteiger partial charge in [0.05, 0.1) is 27.8 Å². The molecule has 30 heavy (non-hydrogen) atoms. The van der Waals surface area contributed by atoms with E-state index in [4.69, 9.17) is 0 Å². The number of carbonyl (C=O) groups excluding carboxylic acids is 1. The number of likely N-dealkylation sites (tertiary alicyclic amines) is 1. The first-order chi connectivity index (χ1) is 14.0.